The van der Waals surface area contributed by atoms with E-state index >= 15 is 0 Å². The van der Waals surface area contributed by atoms with Crippen LogP contribution in [0.25, 0.3) is 0 Å². The molecule has 0 aliphatic heterocycles. The van der Waals surface area contributed by atoms with Gasteiger partial charge in [0.05, 0.1) is 19.8 Å². The van der Waals surface area contributed by atoms with Crippen molar-refractivity contribution in [3.63, 3.8) is 0 Å². The number of hydrogen-bond donors (Lipinski definition) is 1. The van der Waals surface area contributed by atoms with Gasteiger partial charge in [0.2, 0.25) is 0 Å². The highest BCUT2D eigenvalue weighted by molar-refractivity contribution is 6.06. The molecule has 0 atom stereocenters. The third kappa shape index (κ3) is 5.13. The molecule has 0 radical (unpaired) electrons. The zero-order valence-electron chi connectivity index (χ0n) is 16.2. The van der Waals surface area contributed by atoms with Gasteiger partial charge < -0.3 is 19.5 Å². The second-order valence-electron chi connectivity index (χ2n) is 6.13. The van der Waals surface area contributed by atoms with Gasteiger partial charge in [-0.1, -0.05) is 30.3 Å². The summed E-state index contributed by atoms with van der Waals surface area (Å²) in [5.74, 6) is 1.09. The van der Waals surface area contributed by atoms with E-state index in [1.54, 1.807) is 79.9 Å². The number of hydrogen-bond acceptors (Lipinski definition) is 5. The molecular formula is C23H21NO5. The van der Waals surface area contributed by atoms with E-state index < -0.39 is 0 Å². The maximum atomic E-state index is 12.5. The Morgan fingerprint density at radius 1 is 0.828 bits per heavy atom. The number of methoxy groups -OCH3 is 2. The second-order valence-corrected chi connectivity index (χ2v) is 6.13. The highest BCUT2D eigenvalue weighted by Crippen LogP contribution is 2.22. The third-order valence-electron chi connectivity index (χ3n) is 4.21. The van der Waals surface area contributed by atoms with Gasteiger partial charge >= 0.3 is 0 Å². The summed E-state index contributed by atoms with van der Waals surface area (Å²) < 4.78 is 16.0. The van der Waals surface area contributed by atoms with Crippen LogP contribution in [0.2, 0.25) is 0 Å². The van der Waals surface area contributed by atoms with Crippen molar-refractivity contribution in [2.75, 3.05) is 26.1 Å². The molecule has 0 heterocycles. The maximum Gasteiger partial charge on any atom is 0.259 e. The average molecular weight is 391 g/mol. The van der Waals surface area contributed by atoms with Crippen molar-refractivity contribution in [2.24, 2.45) is 0 Å². The van der Waals surface area contributed by atoms with Crippen LogP contribution in [-0.2, 0) is 0 Å². The molecule has 0 aliphatic carbocycles. The van der Waals surface area contributed by atoms with Gasteiger partial charge in [-0.25, -0.2) is 0 Å². The summed E-state index contributed by atoms with van der Waals surface area (Å²) in [5, 5.41) is 2.81. The molecule has 6 heteroatoms. The van der Waals surface area contributed by atoms with Crippen LogP contribution in [0.5, 0.6) is 17.2 Å². The van der Waals surface area contributed by atoms with Gasteiger partial charge in [-0.05, 0) is 36.4 Å². The standard InChI is InChI=1S/C23H21NO5/c1-27-18-9-5-7-16(13-18)21(25)15-29-19-10-6-8-17(14-19)24-23(26)20-11-3-4-12-22(20)28-2/h3-14H,15H2,1-2H3,(H,24,26). The van der Waals surface area contributed by atoms with Crippen molar-refractivity contribution in [2.45, 2.75) is 0 Å². The van der Waals surface area contributed by atoms with Crippen molar-refractivity contribution >= 4 is 17.4 Å². The molecule has 0 unspecified atom stereocenters. The van der Waals surface area contributed by atoms with Gasteiger partial charge in [-0.2, -0.15) is 0 Å². The third-order valence-corrected chi connectivity index (χ3v) is 4.21. The van der Waals surface area contributed by atoms with E-state index in [2.05, 4.69) is 5.32 Å². The number of amides is 1. The number of nitrogens with one attached hydrogen (secondary N) is 1. The number of anilines is 1. The molecule has 0 saturated heterocycles. The van der Waals surface area contributed by atoms with Crippen molar-refractivity contribution in [1.82, 2.24) is 0 Å². The van der Waals surface area contributed by atoms with E-state index in [0.717, 1.165) is 0 Å². The number of para-hydroxylation sites is 1. The molecule has 0 bridgehead atoms. The first kappa shape index (κ1) is 19.9. The van der Waals surface area contributed by atoms with Crippen LogP contribution in [0, 0.1) is 0 Å². The Morgan fingerprint density at radius 2 is 1.59 bits per heavy atom. The fourth-order valence-corrected chi connectivity index (χ4v) is 2.72. The molecule has 1 N–H and O–H groups in total. The van der Waals surface area contributed by atoms with Crippen LogP contribution in [0.1, 0.15) is 20.7 Å². The van der Waals surface area contributed by atoms with Gasteiger partial charge in [-0.3, -0.25) is 9.59 Å². The molecular weight excluding hydrogens is 370 g/mol. The highest BCUT2D eigenvalue weighted by Gasteiger charge is 2.12. The molecule has 3 aromatic rings. The lowest BCUT2D eigenvalue weighted by atomic mass is 10.1. The molecule has 1 amide bonds. The number of Topliss-reactive ketones (excluding diaryl/α,β-unsaturated/α-hetero) is 1. The average Bonchev–Trinajstić information content (AvgIpc) is 2.77. The molecule has 3 aromatic carbocycles. The Balaban J connectivity index is 1.65. The van der Waals surface area contributed by atoms with E-state index in [9.17, 15) is 9.59 Å². The van der Waals surface area contributed by atoms with E-state index in [4.69, 9.17) is 14.2 Å². The summed E-state index contributed by atoms with van der Waals surface area (Å²) in [6.07, 6.45) is 0. The predicted octanol–water partition coefficient (Wildman–Crippen LogP) is 4.22. The van der Waals surface area contributed by atoms with Crippen LogP contribution >= 0.6 is 0 Å². The quantitative estimate of drug-likeness (QED) is 0.582. The number of benzene rings is 3. The van der Waals surface area contributed by atoms with Crippen LogP contribution in [0.15, 0.2) is 72.8 Å². The van der Waals surface area contributed by atoms with Crippen molar-refractivity contribution in [3.8, 4) is 17.2 Å². The summed E-state index contributed by atoms with van der Waals surface area (Å²) in [6, 6.07) is 20.7. The monoisotopic (exact) mass is 391 g/mol. The molecule has 29 heavy (non-hydrogen) atoms. The van der Waals surface area contributed by atoms with Crippen molar-refractivity contribution < 1.29 is 23.8 Å². The Bertz CT molecular complexity index is 1020. The molecule has 0 fully saturated rings. The van der Waals surface area contributed by atoms with Crippen molar-refractivity contribution in [3.05, 3.63) is 83.9 Å². The summed E-state index contributed by atoms with van der Waals surface area (Å²) in [5.41, 5.74) is 1.48. The largest absolute Gasteiger partial charge is 0.497 e. The lowest BCUT2D eigenvalue weighted by Gasteiger charge is -2.11. The van der Waals surface area contributed by atoms with E-state index in [0.29, 0.717) is 34.1 Å². The zero-order chi connectivity index (χ0) is 20.6. The van der Waals surface area contributed by atoms with Gasteiger partial charge in [0.25, 0.3) is 5.91 Å². The smallest absolute Gasteiger partial charge is 0.259 e. The molecule has 3 rings (SSSR count). The minimum absolute atomic E-state index is 0.128. The lowest BCUT2D eigenvalue weighted by Crippen LogP contribution is -2.14. The highest BCUT2D eigenvalue weighted by atomic mass is 16.5. The SMILES string of the molecule is COc1cccc(C(=O)COc2cccc(NC(=O)c3ccccc3OC)c2)c1. The van der Waals surface area contributed by atoms with Crippen LogP contribution in [-0.4, -0.2) is 32.5 Å². The Morgan fingerprint density at radius 3 is 2.38 bits per heavy atom. The Hall–Kier alpha value is -3.80. The summed E-state index contributed by atoms with van der Waals surface area (Å²) in [6.45, 7) is -0.128. The summed E-state index contributed by atoms with van der Waals surface area (Å²) >= 11 is 0. The first-order valence-electron chi connectivity index (χ1n) is 8.95. The minimum Gasteiger partial charge on any atom is -0.497 e. The number of ketones is 1. The van der Waals surface area contributed by atoms with Crippen LogP contribution in [0.3, 0.4) is 0 Å². The van der Waals surface area contributed by atoms with Crippen LogP contribution < -0.4 is 19.5 Å². The lowest BCUT2D eigenvalue weighted by molar-refractivity contribution is 0.0920. The number of ether oxygens (including phenoxy) is 3. The van der Waals surface area contributed by atoms with E-state index in [1.807, 2.05) is 0 Å². The topological polar surface area (TPSA) is 73.9 Å². The number of carbonyl (C=O) groups is 2. The predicted molar refractivity (Wildman–Crippen MR) is 110 cm³/mol. The van der Waals surface area contributed by atoms with E-state index in [1.165, 1.54) is 7.11 Å². The van der Waals surface area contributed by atoms with Gasteiger partial charge in [-0.15, -0.1) is 0 Å². The van der Waals surface area contributed by atoms with Gasteiger partial charge in [0, 0.05) is 17.3 Å². The zero-order valence-corrected chi connectivity index (χ0v) is 16.2. The molecule has 148 valence electrons. The van der Waals surface area contributed by atoms with Crippen LogP contribution in [0.4, 0.5) is 5.69 Å². The first-order valence-corrected chi connectivity index (χ1v) is 8.95. The summed E-state index contributed by atoms with van der Waals surface area (Å²) in [4.78, 5) is 24.9. The normalized spacial score (nSPS) is 10.1. The van der Waals surface area contributed by atoms with Gasteiger partial charge in [0.1, 0.15) is 17.2 Å². The number of carbonyl (C=O) groups excluding carboxylic acids is 2. The molecule has 6 nitrogen and oxygen atoms in total. The molecule has 0 saturated carbocycles. The Labute approximate surface area is 169 Å². The molecule has 0 spiro atoms. The van der Waals surface area contributed by atoms with Gasteiger partial charge in [0.15, 0.2) is 12.4 Å². The fraction of sp³-hybridized carbons (Fsp3) is 0.130. The summed E-state index contributed by atoms with van der Waals surface area (Å²) in [7, 11) is 3.06. The fourth-order valence-electron chi connectivity index (χ4n) is 2.72. The molecule has 0 aliphatic rings. The number of rotatable bonds is 8. The minimum atomic E-state index is -0.299. The maximum absolute atomic E-state index is 12.5. The second kappa shape index (κ2) is 9.41. The Kier molecular flexibility index (Phi) is 6.47. The van der Waals surface area contributed by atoms with Crippen molar-refractivity contribution in [1.29, 1.82) is 0 Å². The first-order chi connectivity index (χ1) is 14.1. The molecule has 0 aromatic heterocycles. The van der Waals surface area contributed by atoms with E-state index in [-0.39, 0.29) is 18.3 Å².